The van der Waals surface area contributed by atoms with Crippen LogP contribution < -0.4 is 5.32 Å². The molecule has 1 aromatic rings. The Labute approximate surface area is 138 Å². The summed E-state index contributed by atoms with van der Waals surface area (Å²) in [5.74, 6) is -1.04. The molecule has 0 heterocycles. The monoisotopic (exact) mass is 345 g/mol. The number of amides is 1. The number of hydrogen-bond donors (Lipinski definition) is 1. The quantitative estimate of drug-likeness (QED) is 0.661. The first-order valence-corrected chi connectivity index (χ1v) is 9.84. The highest BCUT2D eigenvalue weighted by atomic mass is 35.5. The van der Waals surface area contributed by atoms with E-state index in [0.29, 0.717) is 17.1 Å². The van der Waals surface area contributed by atoms with Crippen LogP contribution in [0.4, 0.5) is 0 Å². The molecular formula is C16H24ClNO3S. The summed E-state index contributed by atoms with van der Waals surface area (Å²) < 4.78 is 24.0. The van der Waals surface area contributed by atoms with E-state index in [0.717, 1.165) is 19.3 Å². The number of halogens is 1. The molecular weight excluding hydrogens is 322 g/mol. The van der Waals surface area contributed by atoms with E-state index < -0.39 is 21.5 Å². The molecule has 0 aliphatic heterocycles. The van der Waals surface area contributed by atoms with Crippen LogP contribution in [0.2, 0.25) is 5.02 Å². The lowest BCUT2D eigenvalue weighted by Gasteiger charge is -2.07. The third-order valence-electron chi connectivity index (χ3n) is 3.25. The number of hydrogen-bond acceptors (Lipinski definition) is 3. The van der Waals surface area contributed by atoms with Crippen molar-refractivity contribution in [2.75, 3.05) is 12.3 Å². The molecule has 0 fully saturated rings. The molecule has 0 radical (unpaired) electrons. The second-order valence-electron chi connectivity index (χ2n) is 5.42. The van der Waals surface area contributed by atoms with Gasteiger partial charge in [-0.2, -0.15) is 0 Å². The van der Waals surface area contributed by atoms with E-state index in [9.17, 15) is 13.2 Å². The zero-order valence-corrected chi connectivity index (χ0v) is 14.5. The molecule has 0 unspecified atom stereocenters. The molecule has 0 spiro atoms. The van der Waals surface area contributed by atoms with Gasteiger partial charge in [-0.3, -0.25) is 4.79 Å². The second kappa shape index (κ2) is 9.85. The normalized spacial score (nSPS) is 11.4. The van der Waals surface area contributed by atoms with Crippen molar-refractivity contribution in [1.29, 1.82) is 0 Å². The highest BCUT2D eigenvalue weighted by Crippen LogP contribution is 2.12. The molecule has 6 heteroatoms. The van der Waals surface area contributed by atoms with Crippen molar-refractivity contribution >= 4 is 27.3 Å². The van der Waals surface area contributed by atoms with Crippen LogP contribution >= 0.6 is 11.6 Å². The van der Waals surface area contributed by atoms with Gasteiger partial charge in [0.1, 0.15) is 5.75 Å². The fourth-order valence-corrected chi connectivity index (χ4v) is 3.52. The zero-order chi connectivity index (χ0) is 16.4. The van der Waals surface area contributed by atoms with E-state index in [1.165, 1.54) is 12.8 Å². The Morgan fingerprint density at radius 3 is 2.36 bits per heavy atom. The van der Waals surface area contributed by atoms with Crippen molar-refractivity contribution in [3.8, 4) is 0 Å². The van der Waals surface area contributed by atoms with Gasteiger partial charge in [0, 0.05) is 11.6 Å². The summed E-state index contributed by atoms with van der Waals surface area (Å²) in [6.45, 7) is 2.69. The molecule has 0 bridgehead atoms. The van der Waals surface area contributed by atoms with Gasteiger partial charge in [-0.1, -0.05) is 56.3 Å². The van der Waals surface area contributed by atoms with E-state index >= 15 is 0 Å². The number of rotatable bonds is 10. The van der Waals surface area contributed by atoms with Crippen LogP contribution in [0.15, 0.2) is 24.3 Å². The molecule has 0 saturated heterocycles. The third-order valence-corrected chi connectivity index (χ3v) is 4.98. The minimum atomic E-state index is -3.45. The van der Waals surface area contributed by atoms with Gasteiger partial charge < -0.3 is 5.32 Å². The molecule has 22 heavy (non-hydrogen) atoms. The SMILES string of the molecule is CCCCCCCNC(=O)CS(=O)(=O)Cc1ccc(Cl)cc1. The van der Waals surface area contributed by atoms with Crippen molar-refractivity contribution in [1.82, 2.24) is 5.32 Å². The molecule has 1 aromatic carbocycles. The van der Waals surface area contributed by atoms with Crippen molar-refractivity contribution in [3.05, 3.63) is 34.9 Å². The molecule has 1 amide bonds. The van der Waals surface area contributed by atoms with Gasteiger partial charge in [-0.15, -0.1) is 0 Å². The first-order chi connectivity index (χ1) is 10.4. The maximum absolute atomic E-state index is 12.0. The van der Waals surface area contributed by atoms with Gasteiger partial charge in [0.25, 0.3) is 0 Å². The molecule has 0 aliphatic rings. The van der Waals surface area contributed by atoms with Gasteiger partial charge in [-0.25, -0.2) is 8.42 Å². The van der Waals surface area contributed by atoms with Crippen LogP contribution in [0, 0.1) is 0 Å². The summed E-state index contributed by atoms with van der Waals surface area (Å²) in [6, 6.07) is 6.60. The minimum Gasteiger partial charge on any atom is -0.355 e. The van der Waals surface area contributed by atoms with Crippen LogP contribution in [0.25, 0.3) is 0 Å². The topological polar surface area (TPSA) is 63.2 Å². The molecule has 0 aromatic heterocycles. The Morgan fingerprint density at radius 1 is 1.09 bits per heavy atom. The number of sulfone groups is 1. The molecule has 0 aliphatic carbocycles. The summed E-state index contributed by atoms with van der Waals surface area (Å²) in [5.41, 5.74) is 0.636. The summed E-state index contributed by atoms with van der Waals surface area (Å²) in [7, 11) is -3.45. The first-order valence-electron chi connectivity index (χ1n) is 7.64. The van der Waals surface area contributed by atoms with Crippen molar-refractivity contribution in [2.45, 2.75) is 44.8 Å². The van der Waals surface area contributed by atoms with E-state index in [2.05, 4.69) is 12.2 Å². The predicted molar refractivity (Wildman–Crippen MR) is 90.7 cm³/mol. The Hall–Kier alpha value is -1.07. The smallest absolute Gasteiger partial charge is 0.235 e. The average molecular weight is 346 g/mol. The van der Waals surface area contributed by atoms with Gasteiger partial charge in [-0.05, 0) is 24.1 Å². The molecule has 124 valence electrons. The summed E-state index contributed by atoms with van der Waals surface area (Å²) >= 11 is 5.76. The largest absolute Gasteiger partial charge is 0.355 e. The Balaban J connectivity index is 2.31. The molecule has 4 nitrogen and oxygen atoms in total. The molecule has 0 saturated carbocycles. The molecule has 1 rings (SSSR count). The van der Waals surface area contributed by atoms with Gasteiger partial charge in [0.15, 0.2) is 9.84 Å². The fourth-order valence-electron chi connectivity index (χ4n) is 2.09. The lowest BCUT2D eigenvalue weighted by atomic mass is 10.1. The van der Waals surface area contributed by atoms with Crippen LogP contribution in [0.1, 0.15) is 44.6 Å². The lowest BCUT2D eigenvalue weighted by molar-refractivity contribution is -0.118. The minimum absolute atomic E-state index is 0.145. The van der Waals surface area contributed by atoms with Crippen LogP contribution in [-0.4, -0.2) is 26.6 Å². The number of carbonyl (C=O) groups is 1. The van der Waals surface area contributed by atoms with Crippen molar-refractivity contribution in [2.24, 2.45) is 0 Å². The fraction of sp³-hybridized carbons (Fsp3) is 0.562. The Bertz CT molecular complexity index is 555. The number of benzene rings is 1. The number of nitrogens with one attached hydrogen (secondary N) is 1. The van der Waals surface area contributed by atoms with Crippen LogP contribution in [0.5, 0.6) is 0 Å². The van der Waals surface area contributed by atoms with Gasteiger partial charge in [0.05, 0.1) is 5.75 Å². The van der Waals surface area contributed by atoms with Crippen LogP contribution in [-0.2, 0) is 20.4 Å². The summed E-state index contributed by atoms with van der Waals surface area (Å²) in [5, 5.41) is 3.23. The predicted octanol–water partition coefficient (Wildman–Crippen LogP) is 3.34. The maximum Gasteiger partial charge on any atom is 0.235 e. The van der Waals surface area contributed by atoms with E-state index in [1.54, 1.807) is 24.3 Å². The van der Waals surface area contributed by atoms with Crippen LogP contribution in [0.3, 0.4) is 0 Å². The standard InChI is InChI=1S/C16H24ClNO3S/c1-2-3-4-5-6-11-18-16(19)13-22(20,21)12-14-7-9-15(17)10-8-14/h7-10H,2-6,11-13H2,1H3,(H,18,19). The highest BCUT2D eigenvalue weighted by molar-refractivity contribution is 7.91. The van der Waals surface area contributed by atoms with Crippen molar-refractivity contribution in [3.63, 3.8) is 0 Å². The highest BCUT2D eigenvalue weighted by Gasteiger charge is 2.17. The van der Waals surface area contributed by atoms with E-state index in [4.69, 9.17) is 11.6 Å². The summed E-state index contributed by atoms with van der Waals surface area (Å²) in [6.07, 6.45) is 5.48. The third kappa shape index (κ3) is 8.39. The van der Waals surface area contributed by atoms with Crippen molar-refractivity contribution < 1.29 is 13.2 Å². The Kier molecular flexibility index (Phi) is 8.49. The van der Waals surface area contributed by atoms with Gasteiger partial charge >= 0.3 is 0 Å². The zero-order valence-electron chi connectivity index (χ0n) is 13.0. The first kappa shape index (κ1) is 19.0. The molecule has 1 N–H and O–H groups in total. The van der Waals surface area contributed by atoms with E-state index in [-0.39, 0.29) is 5.75 Å². The van der Waals surface area contributed by atoms with Gasteiger partial charge in [0.2, 0.25) is 5.91 Å². The maximum atomic E-state index is 12.0. The summed E-state index contributed by atoms with van der Waals surface area (Å²) in [4.78, 5) is 11.7. The number of carbonyl (C=O) groups excluding carboxylic acids is 1. The second-order valence-corrected chi connectivity index (χ2v) is 7.92. The molecule has 0 atom stereocenters. The number of unbranched alkanes of at least 4 members (excludes halogenated alkanes) is 4. The lowest BCUT2D eigenvalue weighted by Crippen LogP contribution is -2.31. The van der Waals surface area contributed by atoms with E-state index in [1.807, 2.05) is 0 Å². The average Bonchev–Trinajstić information content (AvgIpc) is 2.44. The Morgan fingerprint density at radius 2 is 1.73 bits per heavy atom.